The Balaban J connectivity index is 0.000000224. The van der Waals surface area contributed by atoms with Gasteiger partial charge in [-0.15, -0.1) is 0 Å². The summed E-state index contributed by atoms with van der Waals surface area (Å²) in [5, 5.41) is 34.3. The molecule has 0 amide bonds. The average Bonchev–Trinajstić information content (AvgIpc) is 2.48. The fraction of sp³-hybridized carbons (Fsp3) is 0. The molecule has 0 unspecified atom stereocenters. The highest BCUT2D eigenvalue weighted by Crippen LogP contribution is 2.10. The van der Waals surface area contributed by atoms with E-state index in [4.69, 9.17) is 20.4 Å². The molecule has 6 nitrogen and oxygen atoms in total. The number of carboxylic acid groups (broad SMARTS) is 2. The summed E-state index contributed by atoms with van der Waals surface area (Å²) < 4.78 is 0. The molecule has 0 saturated carbocycles. The molecule has 0 bridgehead atoms. The number of carbonyl (C=O) groups is 2. The highest BCUT2D eigenvalue weighted by atomic mass is 16.4. The Labute approximate surface area is 126 Å². The Kier molecular flexibility index (Phi) is 6.18. The first-order valence-electron chi connectivity index (χ1n) is 6.11. The van der Waals surface area contributed by atoms with Crippen molar-refractivity contribution in [2.75, 3.05) is 0 Å². The number of aromatic carboxylic acids is 1. The number of hydrogen-bond acceptors (Lipinski definition) is 4. The largest absolute Gasteiger partial charge is 0.508 e. The number of phenols is 2. The van der Waals surface area contributed by atoms with Crippen LogP contribution < -0.4 is 0 Å². The predicted octanol–water partition coefficient (Wildman–Crippen LogP) is 2.58. The van der Waals surface area contributed by atoms with Gasteiger partial charge < -0.3 is 20.4 Å². The first-order chi connectivity index (χ1) is 10.4. The molecular weight excluding hydrogens is 288 g/mol. The van der Waals surface area contributed by atoms with Gasteiger partial charge in [0.15, 0.2) is 0 Å². The van der Waals surface area contributed by atoms with Crippen molar-refractivity contribution in [1.29, 1.82) is 0 Å². The Hall–Kier alpha value is -3.28. The van der Waals surface area contributed by atoms with Crippen molar-refractivity contribution in [2.24, 2.45) is 0 Å². The predicted molar refractivity (Wildman–Crippen MR) is 79.8 cm³/mol. The van der Waals surface area contributed by atoms with Crippen LogP contribution in [0.5, 0.6) is 11.5 Å². The summed E-state index contributed by atoms with van der Waals surface area (Å²) in [5.41, 5.74) is 0.924. The van der Waals surface area contributed by atoms with Crippen LogP contribution in [0.15, 0.2) is 54.6 Å². The van der Waals surface area contributed by atoms with Gasteiger partial charge >= 0.3 is 11.9 Å². The van der Waals surface area contributed by atoms with Gasteiger partial charge in [-0.2, -0.15) is 0 Å². The topological polar surface area (TPSA) is 115 Å². The lowest BCUT2D eigenvalue weighted by molar-refractivity contribution is -0.131. The molecule has 0 fully saturated rings. The van der Waals surface area contributed by atoms with Gasteiger partial charge in [0, 0.05) is 6.08 Å². The number of phenolic OH excluding ortho intramolecular Hbond substituents is 2. The first kappa shape index (κ1) is 16.8. The molecule has 22 heavy (non-hydrogen) atoms. The molecule has 0 atom stereocenters. The maximum Gasteiger partial charge on any atom is 0.335 e. The van der Waals surface area contributed by atoms with E-state index in [0.29, 0.717) is 0 Å². The minimum absolute atomic E-state index is 0.0741. The monoisotopic (exact) mass is 302 g/mol. The summed E-state index contributed by atoms with van der Waals surface area (Å²) in [6.45, 7) is 0. The first-order valence-corrected chi connectivity index (χ1v) is 6.11. The molecule has 2 aromatic carbocycles. The van der Waals surface area contributed by atoms with Crippen LogP contribution in [0.2, 0.25) is 0 Å². The van der Waals surface area contributed by atoms with Crippen LogP contribution in [-0.2, 0) is 4.79 Å². The quantitative estimate of drug-likeness (QED) is 0.648. The molecule has 0 radical (unpaired) electrons. The summed E-state index contributed by atoms with van der Waals surface area (Å²) in [4.78, 5) is 20.3. The van der Waals surface area contributed by atoms with E-state index in [9.17, 15) is 9.59 Å². The SMILES string of the molecule is O=C(O)C=Cc1ccc(O)cc1.O=C(O)c1ccc(O)cc1. The van der Waals surface area contributed by atoms with Crippen LogP contribution >= 0.6 is 0 Å². The molecule has 0 spiro atoms. The van der Waals surface area contributed by atoms with Crippen molar-refractivity contribution in [1.82, 2.24) is 0 Å². The fourth-order valence-corrected chi connectivity index (χ4v) is 1.36. The minimum atomic E-state index is -0.986. The zero-order valence-corrected chi connectivity index (χ0v) is 11.4. The second-order valence-electron chi connectivity index (χ2n) is 4.12. The number of rotatable bonds is 3. The van der Waals surface area contributed by atoms with Crippen LogP contribution in [-0.4, -0.2) is 32.4 Å². The van der Waals surface area contributed by atoms with Crippen molar-refractivity contribution in [3.8, 4) is 11.5 Å². The summed E-state index contributed by atoms with van der Waals surface area (Å²) in [5.74, 6) is -1.73. The molecule has 6 heteroatoms. The van der Waals surface area contributed by atoms with Gasteiger partial charge in [0.2, 0.25) is 0 Å². The molecule has 0 aromatic heterocycles. The minimum Gasteiger partial charge on any atom is -0.508 e. The summed E-state index contributed by atoms with van der Waals surface area (Å²) >= 11 is 0. The standard InChI is InChI=1S/C9H8O3.C7H6O3/c10-8-4-1-7(2-5-8)3-6-9(11)12;8-6-3-1-5(2-4-6)7(9)10/h1-6,10H,(H,11,12);1-4,8H,(H,9,10). The molecule has 2 aromatic rings. The Morgan fingerprint density at radius 1 is 0.773 bits per heavy atom. The molecule has 0 aliphatic carbocycles. The number of aliphatic carboxylic acids is 1. The Morgan fingerprint density at radius 2 is 1.23 bits per heavy atom. The van der Waals surface area contributed by atoms with Crippen LogP contribution in [0.4, 0.5) is 0 Å². The van der Waals surface area contributed by atoms with E-state index in [0.717, 1.165) is 11.6 Å². The number of hydrogen-bond donors (Lipinski definition) is 4. The van der Waals surface area contributed by atoms with E-state index in [1.807, 2.05) is 0 Å². The van der Waals surface area contributed by atoms with Gasteiger partial charge in [0.1, 0.15) is 11.5 Å². The van der Waals surface area contributed by atoms with Crippen LogP contribution in [0.1, 0.15) is 15.9 Å². The van der Waals surface area contributed by atoms with Gasteiger partial charge in [-0.3, -0.25) is 0 Å². The van der Waals surface area contributed by atoms with Crippen LogP contribution in [0.25, 0.3) is 6.08 Å². The third-order valence-electron chi connectivity index (χ3n) is 2.43. The van der Waals surface area contributed by atoms with Crippen molar-refractivity contribution < 1.29 is 30.0 Å². The molecular formula is C16H14O6. The maximum atomic E-state index is 10.2. The van der Waals surface area contributed by atoms with Crippen LogP contribution in [0, 0.1) is 0 Å². The van der Waals surface area contributed by atoms with Crippen molar-refractivity contribution in [2.45, 2.75) is 0 Å². The third-order valence-corrected chi connectivity index (χ3v) is 2.43. The Bertz CT molecular complexity index is 656. The molecule has 0 aliphatic heterocycles. The second-order valence-corrected chi connectivity index (χ2v) is 4.12. The lowest BCUT2D eigenvalue weighted by Gasteiger charge is -1.92. The highest BCUT2D eigenvalue weighted by molar-refractivity contribution is 5.87. The highest BCUT2D eigenvalue weighted by Gasteiger charge is 1.99. The van der Waals surface area contributed by atoms with Gasteiger partial charge in [0.25, 0.3) is 0 Å². The van der Waals surface area contributed by atoms with Gasteiger partial charge in [-0.1, -0.05) is 12.1 Å². The van der Waals surface area contributed by atoms with E-state index >= 15 is 0 Å². The molecule has 2 rings (SSSR count). The summed E-state index contributed by atoms with van der Waals surface area (Å²) in [6.07, 6.45) is 2.51. The second kappa shape index (κ2) is 8.11. The molecule has 0 aliphatic rings. The smallest absolute Gasteiger partial charge is 0.335 e. The Morgan fingerprint density at radius 3 is 1.64 bits per heavy atom. The van der Waals surface area contributed by atoms with E-state index < -0.39 is 11.9 Å². The van der Waals surface area contributed by atoms with E-state index in [1.165, 1.54) is 42.5 Å². The average molecular weight is 302 g/mol. The van der Waals surface area contributed by atoms with E-state index in [-0.39, 0.29) is 17.1 Å². The van der Waals surface area contributed by atoms with Crippen molar-refractivity contribution >= 4 is 18.0 Å². The van der Waals surface area contributed by atoms with E-state index in [1.54, 1.807) is 12.1 Å². The van der Waals surface area contributed by atoms with Crippen molar-refractivity contribution in [3.63, 3.8) is 0 Å². The van der Waals surface area contributed by atoms with Gasteiger partial charge in [-0.25, -0.2) is 9.59 Å². The lowest BCUT2D eigenvalue weighted by atomic mass is 10.2. The number of carboxylic acids is 2. The molecule has 4 N–H and O–H groups in total. The summed E-state index contributed by atoms with van der Waals surface area (Å²) in [7, 11) is 0. The molecule has 0 heterocycles. The van der Waals surface area contributed by atoms with E-state index in [2.05, 4.69) is 0 Å². The zero-order chi connectivity index (χ0) is 16.5. The van der Waals surface area contributed by atoms with Crippen molar-refractivity contribution in [3.05, 3.63) is 65.7 Å². The normalized spacial score (nSPS) is 9.82. The number of aromatic hydroxyl groups is 2. The molecule has 0 saturated heterocycles. The fourth-order valence-electron chi connectivity index (χ4n) is 1.36. The number of benzene rings is 2. The molecule has 114 valence electrons. The van der Waals surface area contributed by atoms with Gasteiger partial charge in [0.05, 0.1) is 5.56 Å². The zero-order valence-electron chi connectivity index (χ0n) is 11.4. The van der Waals surface area contributed by atoms with Gasteiger partial charge in [-0.05, 0) is 48.0 Å². The van der Waals surface area contributed by atoms with Crippen LogP contribution in [0.3, 0.4) is 0 Å². The third kappa shape index (κ3) is 6.25. The summed E-state index contributed by atoms with van der Waals surface area (Å²) in [6, 6.07) is 11.6. The lowest BCUT2D eigenvalue weighted by Crippen LogP contribution is -1.93. The maximum absolute atomic E-state index is 10.2.